The van der Waals surface area contributed by atoms with Crippen LogP contribution < -0.4 is 5.32 Å². The number of aromatic nitrogens is 1. The molecule has 1 aromatic carbocycles. The maximum Gasteiger partial charge on any atom is 0.244 e. The van der Waals surface area contributed by atoms with E-state index in [1.807, 2.05) is 0 Å². The summed E-state index contributed by atoms with van der Waals surface area (Å²) >= 11 is 0. The summed E-state index contributed by atoms with van der Waals surface area (Å²) in [5, 5.41) is 2.63. The SMILES string of the molecule is CC(=O)N(CC(=O)Nc1ccc(F)cc1)Cc1ccncc1. The van der Waals surface area contributed by atoms with Crippen molar-refractivity contribution in [2.24, 2.45) is 0 Å². The predicted octanol–water partition coefficient (Wildman–Crippen LogP) is 2.21. The monoisotopic (exact) mass is 301 g/mol. The van der Waals surface area contributed by atoms with Crippen LogP contribution in [0.5, 0.6) is 0 Å². The predicted molar refractivity (Wildman–Crippen MR) is 80.4 cm³/mol. The molecule has 114 valence electrons. The summed E-state index contributed by atoms with van der Waals surface area (Å²) in [6, 6.07) is 9.02. The van der Waals surface area contributed by atoms with Gasteiger partial charge in [0.25, 0.3) is 0 Å². The molecule has 2 aromatic rings. The number of halogens is 1. The van der Waals surface area contributed by atoms with Gasteiger partial charge < -0.3 is 10.2 Å². The maximum absolute atomic E-state index is 12.8. The summed E-state index contributed by atoms with van der Waals surface area (Å²) < 4.78 is 12.8. The third-order valence-corrected chi connectivity index (χ3v) is 3.03. The van der Waals surface area contributed by atoms with Crippen LogP contribution in [0, 0.1) is 5.82 Å². The van der Waals surface area contributed by atoms with Crippen LogP contribution in [0.4, 0.5) is 10.1 Å². The molecule has 1 heterocycles. The van der Waals surface area contributed by atoms with Crippen LogP contribution in [0.2, 0.25) is 0 Å². The molecule has 0 saturated heterocycles. The van der Waals surface area contributed by atoms with E-state index in [0.29, 0.717) is 12.2 Å². The van der Waals surface area contributed by atoms with E-state index in [1.165, 1.54) is 36.1 Å². The highest BCUT2D eigenvalue weighted by Gasteiger charge is 2.14. The first-order valence-electron chi connectivity index (χ1n) is 6.74. The lowest BCUT2D eigenvalue weighted by Crippen LogP contribution is -2.36. The van der Waals surface area contributed by atoms with Crippen LogP contribution in [0.1, 0.15) is 12.5 Å². The first kappa shape index (κ1) is 15.6. The Hall–Kier alpha value is -2.76. The van der Waals surface area contributed by atoms with Gasteiger partial charge in [0.05, 0.1) is 0 Å². The molecular weight excluding hydrogens is 285 g/mol. The van der Waals surface area contributed by atoms with Crippen molar-refractivity contribution in [3.05, 3.63) is 60.2 Å². The van der Waals surface area contributed by atoms with E-state index in [0.717, 1.165) is 5.56 Å². The van der Waals surface area contributed by atoms with Crippen LogP contribution in [0.25, 0.3) is 0 Å². The number of amides is 2. The Morgan fingerprint density at radius 2 is 1.77 bits per heavy atom. The fraction of sp³-hybridized carbons (Fsp3) is 0.188. The lowest BCUT2D eigenvalue weighted by Gasteiger charge is -2.20. The quantitative estimate of drug-likeness (QED) is 0.921. The summed E-state index contributed by atoms with van der Waals surface area (Å²) in [4.78, 5) is 29.0. The lowest BCUT2D eigenvalue weighted by molar-refractivity contribution is -0.133. The van der Waals surface area contributed by atoms with Crippen LogP contribution >= 0.6 is 0 Å². The van der Waals surface area contributed by atoms with E-state index < -0.39 is 0 Å². The fourth-order valence-electron chi connectivity index (χ4n) is 1.89. The van der Waals surface area contributed by atoms with Gasteiger partial charge in [0.2, 0.25) is 11.8 Å². The minimum Gasteiger partial charge on any atom is -0.329 e. The molecule has 5 nitrogen and oxygen atoms in total. The van der Waals surface area contributed by atoms with Crippen molar-refractivity contribution in [2.75, 3.05) is 11.9 Å². The van der Waals surface area contributed by atoms with Crippen LogP contribution in [0.3, 0.4) is 0 Å². The maximum atomic E-state index is 12.8. The van der Waals surface area contributed by atoms with Gasteiger partial charge in [-0.3, -0.25) is 14.6 Å². The Balaban J connectivity index is 1.97. The number of anilines is 1. The number of nitrogens with one attached hydrogen (secondary N) is 1. The van der Waals surface area contributed by atoms with Crippen molar-refractivity contribution < 1.29 is 14.0 Å². The van der Waals surface area contributed by atoms with Crippen LogP contribution in [-0.2, 0) is 16.1 Å². The number of carbonyl (C=O) groups is 2. The summed E-state index contributed by atoms with van der Waals surface area (Å²) in [5.41, 5.74) is 1.37. The smallest absolute Gasteiger partial charge is 0.244 e. The highest BCUT2D eigenvalue weighted by atomic mass is 19.1. The first-order chi connectivity index (χ1) is 10.5. The molecule has 0 aliphatic carbocycles. The third kappa shape index (κ3) is 4.66. The topological polar surface area (TPSA) is 62.3 Å². The van der Waals surface area contributed by atoms with E-state index in [9.17, 15) is 14.0 Å². The molecule has 1 aromatic heterocycles. The molecule has 22 heavy (non-hydrogen) atoms. The molecule has 0 bridgehead atoms. The molecule has 2 rings (SSSR count). The number of benzene rings is 1. The molecule has 0 radical (unpaired) electrons. The van der Waals surface area contributed by atoms with E-state index in [4.69, 9.17) is 0 Å². The van der Waals surface area contributed by atoms with Crippen molar-refractivity contribution >= 4 is 17.5 Å². The molecule has 2 amide bonds. The average molecular weight is 301 g/mol. The van der Waals surface area contributed by atoms with Crippen molar-refractivity contribution in [2.45, 2.75) is 13.5 Å². The van der Waals surface area contributed by atoms with Gasteiger partial charge in [0.15, 0.2) is 0 Å². The summed E-state index contributed by atoms with van der Waals surface area (Å²) in [6.07, 6.45) is 3.26. The zero-order valence-electron chi connectivity index (χ0n) is 12.1. The highest BCUT2D eigenvalue weighted by Crippen LogP contribution is 2.09. The number of carbonyl (C=O) groups excluding carboxylic acids is 2. The van der Waals surface area contributed by atoms with E-state index in [1.54, 1.807) is 24.5 Å². The van der Waals surface area contributed by atoms with Crippen molar-refractivity contribution in [1.29, 1.82) is 0 Å². The van der Waals surface area contributed by atoms with Crippen LogP contribution in [0.15, 0.2) is 48.8 Å². The summed E-state index contributed by atoms with van der Waals surface area (Å²) in [7, 11) is 0. The zero-order chi connectivity index (χ0) is 15.9. The minimum absolute atomic E-state index is 0.0744. The molecule has 0 unspecified atom stereocenters. The summed E-state index contributed by atoms with van der Waals surface area (Å²) in [5.74, 6) is -0.914. The van der Waals surface area contributed by atoms with Crippen molar-refractivity contribution in [3.63, 3.8) is 0 Å². The van der Waals surface area contributed by atoms with E-state index >= 15 is 0 Å². The normalized spacial score (nSPS) is 10.1. The molecule has 0 aliphatic heterocycles. The van der Waals surface area contributed by atoms with Crippen molar-refractivity contribution in [1.82, 2.24) is 9.88 Å². The second kappa shape index (κ2) is 7.31. The van der Waals surface area contributed by atoms with Gasteiger partial charge in [-0.05, 0) is 42.0 Å². The first-order valence-corrected chi connectivity index (χ1v) is 6.74. The zero-order valence-corrected chi connectivity index (χ0v) is 12.1. The Kier molecular flexibility index (Phi) is 5.19. The summed E-state index contributed by atoms with van der Waals surface area (Å²) in [6.45, 7) is 1.66. The van der Waals surface area contributed by atoms with Gasteiger partial charge in [-0.25, -0.2) is 4.39 Å². The molecule has 0 atom stereocenters. The van der Waals surface area contributed by atoms with Crippen molar-refractivity contribution in [3.8, 4) is 0 Å². The number of hydrogen-bond donors (Lipinski definition) is 1. The Labute approximate surface area is 127 Å². The second-order valence-corrected chi connectivity index (χ2v) is 4.79. The Bertz CT molecular complexity index is 644. The number of pyridine rings is 1. The molecule has 6 heteroatoms. The number of hydrogen-bond acceptors (Lipinski definition) is 3. The van der Waals surface area contributed by atoms with Crippen LogP contribution in [-0.4, -0.2) is 28.2 Å². The number of rotatable bonds is 5. The van der Waals surface area contributed by atoms with Gasteiger partial charge in [0.1, 0.15) is 12.4 Å². The largest absolute Gasteiger partial charge is 0.329 e. The molecule has 0 fully saturated rings. The highest BCUT2D eigenvalue weighted by molar-refractivity contribution is 5.94. The average Bonchev–Trinajstić information content (AvgIpc) is 2.50. The third-order valence-electron chi connectivity index (χ3n) is 3.03. The fourth-order valence-corrected chi connectivity index (χ4v) is 1.89. The van der Waals surface area contributed by atoms with Gasteiger partial charge in [-0.1, -0.05) is 0 Å². The van der Waals surface area contributed by atoms with E-state index in [-0.39, 0.29) is 24.2 Å². The van der Waals surface area contributed by atoms with E-state index in [2.05, 4.69) is 10.3 Å². The number of nitrogens with zero attached hydrogens (tertiary/aromatic N) is 2. The lowest BCUT2D eigenvalue weighted by atomic mass is 10.2. The van der Waals surface area contributed by atoms with Gasteiger partial charge >= 0.3 is 0 Å². The van der Waals surface area contributed by atoms with Gasteiger partial charge in [0, 0.05) is 31.5 Å². The standard InChI is InChI=1S/C16H16FN3O2/c1-12(21)20(10-13-6-8-18-9-7-13)11-16(22)19-15-4-2-14(17)3-5-15/h2-9H,10-11H2,1H3,(H,19,22). The van der Waals surface area contributed by atoms with Gasteiger partial charge in [-0.15, -0.1) is 0 Å². The molecular formula is C16H16FN3O2. The second-order valence-electron chi connectivity index (χ2n) is 4.79. The minimum atomic E-state index is -0.374. The Morgan fingerprint density at radius 3 is 2.36 bits per heavy atom. The molecule has 0 aliphatic rings. The van der Waals surface area contributed by atoms with Gasteiger partial charge in [-0.2, -0.15) is 0 Å². The molecule has 1 N–H and O–H groups in total. The Morgan fingerprint density at radius 1 is 1.14 bits per heavy atom. The molecule has 0 spiro atoms. The molecule has 0 saturated carbocycles.